The monoisotopic (exact) mass is 250 g/mol. The first-order chi connectivity index (χ1) is 8.69. The van der Waals surface area contributed by atoms with Crippen LogP contribution in [-0.4, -0.2) is 25.3 Å². The van der Waals surface area contributed by atoms with Crippen LogP contribution in [0.2, 0.25) is 0 Å². The smallest absolute Gasteiger partial charge is 0.231 e. The first-order valence-electron chi connectivity index (χ1n) is 6.07. The summed E-state index contributed by atoms with van der Waals surface area (Å²) in [4.78, 5) is 11.6. The third-order valence-electron chi connectivity index (χ3n) is 2.84. The van der Waals surface area contributed by atoms with Crippen molar-refractivity contribution in [2.45, 2.75) is 25.8 Å². The van der Waals surface area contributed by atoms with Gasteiger partial charge in [0.05, 0.1) is 0 Å². The van der Waals surface area contributed by atoms with Crippen LogP contribution in [-0.2, 0) is 11.2 Å². The molecule has 1 heterocycles. The Kier molecular flexibility index (Phi) is 4.04. The quantitative estimate of drug-likeness (QED) is 0.811. The molecule has 1 amide bonds. The molecule has 2 rings (SSSR count). The second kappa shape index (κ2) is 5.73. The van der Waals surface area contributed by atoms with Gasteiger partial charge in [0.1, 0.15) is 0 Å². The van der Waals surface area contributed by atoms with Gasteiger partial charge in [0, 0.05) is 19.0 Å². The van der Waals surface area contributed by atoms with E-state index in [1.165, 1.54) is 0 Å². The summed E-state index contributed by atoms with van der Waals surface area (Å²) in [5, 5.41) is 2.83. The van der Waals surface area contributed by atoms with Gasteiger partial charge in [-0.15, -0.1) is 0 Å². The van der Waals surface area contributed by atoms with Crippen LogP contribution < -0.4 is 20.5 Å². The number of ether oxygens (including phenoxy) is 2. The minimum atomic E-state index is 0.0191. The van der Waals surface area contributed by atoms with Crippen molar-refractivity contribution in [2.24, 2.45) is 5.73 Å². The number of amides is 1. The Bertz CT molecular complexity index is 434. The van der Waals surface area contributed by atoms with Crippen LogP contribution in [0.1, 0.15) is 18.9 Å². The molecule has 0 spiro atoms. The maximum atomic E-state index is 11.6. The summed E-state index contributed by atoms with van der Waals surface area (Å²) in [7, 11) is 0. The highest BCUT2D eigenvalue weighted by molar-refractivity contribution is 5.76. The maximum Gasteiger partial charge on any atom is 0.231 e. The van der Waals surface area contributed by atoms with E-state index in [1.807, 2.05) is 25.1 Å². The van der Waals surface area contributed by atoms with E-state index in [0.717, 1.165) is 17.1 Å². The molecule has 0 aliphatic carbocycles. The Hall–Kier alpha value is -1.75. The highest BCUT2D eigenvalue weighted by atomic mass is 16.7. The summed E-state index contributed by atoms with van der Waals surface area (Å²) in [6.07, 6.45) is 1.13. The van der Waals surface area contributed by atoms with Crippen molar-refractivity contribution in [1.29, 1.82) is 0 Å². The molecule has 0 saturated heterocycles. The van der Waals surface area contributed by atoms with E-state index in [1.54, 1.807) is 0 Å². The van der Waals surface area contributed by atoms with Crippen molar-refractivity contribution in [2.75, 3.05) is 13.3 Å². The minimum Gasteiger partial charge on any atom is -0.454 e. The molecule has 3 N–H and O–H groups in total. The SMILES string of the molecule is CC(CN)NC(=O)CCc1ccc2c(c1)OCO2. The topological polar surface area (TPSA) is 73.6 Å². The van der Waals surface area contributed by atoms with Crippen LogP contribution in [0.25, 0.3) is 0 Å². The van der Waals surface area contributed by atoms with Gasteiger partial charge in [-0.25, -0.2) is 0 Å². The van der Waals surface area contributed by atoms with Crippen LogP contribution >= 0.6 is 0 Å². The summed E-state index contributed by atoms with van der Waals surface area (Å²) >= 11 is 0. The van der Waals surface area contributed by atoms with E-state index in [4.69, 9.17) is 15.2 Å². The van der Waals surface area contributed by atoms with Gasteiger partial charge in [-0.05, 0) is 31.0 Å². The molecule has 1 aromatic rings. The predicted molar refractivity (Wildman–Crippen MR) is 67.5 cm³/mol. The van der Waals surface area contributed by atoms with Gasteiger partial charge in [0.15, 0.2) is 11.5 Å². The van der Waals surface area contributed by atoms with Crippen LogP contribution in [0, 0.1) is 0 Å². The number of hydrogen-bond acceptors (Lipinski definition) is 4. The predicted octanol–water partition coefficient (Wildman–Crippen LogP) is 0.811. The second-order valence-electron chi connectivity index (χ2n) is 4.39. The summed E-state index contributed by atoms with van der Waals surface area (Å²) < 4.78 is 10.5. The van der Waals surface area contributed by atoms with E-state index in [9.17, 15) is 4.79 Å². The van der Waals surface area contributed by atoms with Crippen LogP contribution in [0.5, 0.6) is 11.5 Å². The van der Waals surface area contributed by atoms with E-state index in [0.29, 0.717) is 19.4 Å². The lowest BCUT2D eigenvalue weighted by molar-refractivity contribution is -0.121. The number of aryl methyl sites for hydroxylation is 1. The van der Waals surface area contributed by atoms with E-state index < -0.39 is 0 Å². The lowest BCUT2D eigenvalue weighted by Crippen LogP contribution is -2.37. The Morgan fingerprint density at radius 3 is 3.00 bits per heavy atom. The number of benzene rings is 1. The molecule has 5 heteroatoms. The number of carbonyl (C=O) groups excluding carboxylic acids is 1. The number of fused-ring (bicyclic) bond motifs is 1. The lowest BCUT2D eigenvalue weighted by atomic mass is 10.1. The number of nitrogens with two attached hydrogens (primary N) is 1. The largest absolute Gasteiger partial charge is 0.454 e. The average molecular weight is 250 g/mol. The molecule has 1 aromatic carbocycles. The van der Waals surface area contributed by atoms with Gasteiger partial charge in [0.2, 0.25) is 12.7 Å². The van der Waals surface area contributed by atoms with Crippen molar-refractivity contribution >= 4 is 5.91 Å². The Morgan fingerprint density at radius 2 is 2.22 bits per heavy atom. The zero-order chi connectivity index (χ0) is 13.0. The molecule has 0 saturated carbocycles. The molecule has 18 heavy (non-hydrogen) atoms. The van der Waals surface area contributed by atoms with Crippen LogP contribution in [0.4, 0.5) is 0 Å². The molecule has 98 valence electrons. The standard InChI is InChI=1S/C13H18N2O3/c1-9(7-14)15-13(16)5-3-10-2-4-11-12(6-10)18-8-17-11/h2,4,6,9H,3,5,7-8,14H2,1H3,(H,15,16). The second-order valence-corrected chi connectivity index (χ2v) is 4.39. The molecule has 5 nitrogen and oxygen atoms in total. The highest BCUT2D eigenvalue weighted by Gasteiger charge is 2.13. The molecule has 0 bridgehead atoms. The number of rotatable bonds is 5. The molecule has 1 unspecified atom stereocenters. The molecular formula is C13H18N2O3. The number of carbonyl (C=O) groups is 1. The summed E-state index contributed by atoms with van der Waals surface area (Å²) in [5.74, 6) is 1.54. The minimum absolute atomic E-state index is 0.0191. The normalized spacial score (nSPS) is 14.3. The van der Waals surface area contributed by atoms with E-state index >= 15 is 0 Å². The van der Waals surface area contributed by atoms with Crippen molar-refractivity contribution in [3.05, 3.63) is 23.8 Å². The number of hydrogen-bond donors (Lipinski definition) is 2. The molecule has 0 aromatic heterocycles. The molecule has 1 atom stereocenters. The molecule has 1 aliphatic heterocycles. The summed E-state index contributed by atoms with van der Waals surface area (Å²) in [6.45, 7) is 2.61. The highest BCUT2D eigenvalue weighted by Crippen LogP contribution is 2.32. The third kappa shape index (κ3) is 3.13. The van der Waals surface area contributed by atoms with Crippen molar-refractivity contribution < 1.29 is 14.3 Å². The Labute approximate surface area is 106 Å². The zero-order valence-electron chi connectivity index (χ0n) is 10.4. The van der Waals surface area contributed by atoms with E-state index in [2.05, 4.69) is 5.32 Å². The molecular weight excluding hydrogens is 232 g/mol. The molecule has 1 aliphatic rings. The van der Waals surface area contributed by atoms with E-state index in [-0.39, 0.29) is 18.7 Å². The first-order valence-corrected chi connectivity index (χ1v) is 6.07. The first kappa shape index (κ1) is 12.7. The maximum absolute atomic E-state index is 11.6. The summed E-state index contributed by atoms with van der Waals surface area (Å²) in [5.41, 5.74) is 6.51. The number of nitrogens with one attached hydrogen (secondary N) is 1. The Balaban J connectivity index is 1.85. The van der Waals surface area contributed by atoms with Gasteiger partial charge in [-0.1, -0.05) is 6.07 Å². The third-order valence-corrected chi connectivity index (χ3v) is 2.84. The van der Waals surface area contributed by atoms with Gasteiger partial charge in [-0.2, -0.15) is 0 Å². The van der Waals surface area contributed by atoms with Gasteiger partial charge < -0.3 is 20.5 Å². The molecule has 0 fully saturated rings. The average Bonchev–Trinajstić information content (AvgIpc) is 2.83. The van der Waals surface area contributed by atoms with Gasteiger partial charge >= 0.3 is 0 Å². The fourth-order valence-electron chi connectivity index (χ4n) is 1.76. The van der Waals surface area contributed by atoms with Gasteiger partial charge in [-0.3, -0.25) is 4.79 Å². The lowest BCUT2D eigenvalue weighted by Gasteiger charge is -2.11. The van der Waals surface area contributed by atoms with Crippen LogP contribution in [0.3, 0.4) is 0 Å². The molecule has 0 radical (unpaired) electrons. The van der Waals surface area contributed by atoms with Crippen molar-refractivity contribution in [3.63, 3.8) is 0 Å². The van der Waals surface area contributed by atoms with Crippen molar-refractivity contribution in [1.82, 2.24) is 5.32 Å². The van der Waals surface area contributed by atoms with Crippen molar-refractivity contribution in [3.8, 4) is 11.5 Å². The fraction of sp³-hybridized carbons (Fsp3) is 0.462. The Morgan fingerprint density at radius 1 is 1.44 bits per heavy atom. The van der Waals surface area contributed by atoms with Crippen LogP contribution in [0.15, 0.2) is 18.2 Å². The zero-order valence-corrected chi connectivity index (χ0v) is 10.4. The fourth-order valence-corrected chi connectivity index (χ4v) is 1.76. The van der Waals surface area contributed by atoms with Gasteiger partial charge in [0.25, 0.3) is 0 Å². The summed E-state index contributed by atoms with van der Waals surface area (Å²) in [6, 6.07) is 5.77.